The highest BCUT2D eigenvalue weighted by Crippen LogP contribution is 2.15. The monoisotopic (exact) mass is 494 g/mol. The highest BCUT2D eigenvalue weighted by molar-refractivity contribution is 7.91. The zero-order valence-corrected chi connectivity index (χ0v) is 20.1. The molecule has 170 valence electrons. The second-order valence-corrected chi connectivity index (χ2v) is 12.5. The Morgan fingerprint density at radius 1 is 0.600 bits per heavy atom. The topological polar surface area (TPSA) is 116 Å². The lowest BCUT2D eigenvalue weighted by Gasteiger charge is -2.08. The molecule has 8 nitrogen and oxygen atoms in total. The highest BCUT2D eigenvalue weighted by Gasteiger charge is 2.14. The molecule has 0 fully saturated rings. The Balaban J connectivity index is 1.36. The van der Waals surface area contributed by atoms with Gasteiger partial charge in [0.05, 0.1) is 0 Å². The van der Waals surface area contributed by atoms with E-state index in [1.807, 2.05) is 0 Å². The quantitative estimate of drug-likeness (QED) is 0.249. The van der Waals surface area contributed by atoms with Gasteiger partial charge in [-0.25, -0.2) is 26.3 Å². The molecule has 4 N–H and O–H groups in total. The van der Waals surface area contributed by atoms with Crippen LogP contribution in [0.2, 0.25) is 0 Å². The summed E-state index contributed by atoms with van der Waals surface area (Å²) in [6.45, 7) is 4.16. The number of hydrogen-bond acceptors (Lipinski definition) is 8. The molecule has 30 heavy (non-hydrogen) atoms. The summed E-state index contributed by atoms with van der Waals surface area (Å²) in [6, 6.07) is 6.65. The summed E-state index contributed by atoms with van der Waals surface area (Å²) in [6.07, 6.45) is 3.53. The molecule has 2 rings (SSSR count). The molecule has 0 aromatic carbocycles. The van der Waals surface area contributed by atoms with Crippen molar-refractivity contribution in [3.05, 3.63) is 35.0 Å². The maximum Gasteiger partial charge on any atom is 0.250 e. The van der Waals surface area contributed by atoms with Crippen molar-refractivity contribution in [3.8, 4) is 0 Å². The molecule has 0 aliphatic heterocycles. The van der Waals surface area contributed by atoms with Crippen LogP contribution in [-0.4, -0.2) is 56.1 Å². The van der Waals surface area contributed by atoms with Gasteiger partial charge in [-0.05, 0) is 74.8 Å². The number of unbranched alkanes of at least 4 members (excludes halogenated alkanes) is 1. The number of nitrogens with one attached hydrogen (secondary N) is 4. The third-order valence-electron chi connectivity index (χ3n) is 4.12. The van der Waals surface area contributed by atoms with E-state index in [9.17, 15) is 16.8 Å². The smallest absolute Gasteiger partial charge is 0.250 e. The van der Waals surface area contributed by atoms with Crippen LogP contribution in [0.4, 0.5) is 0 Å². The third kappa shape index (κ3) is 9.52. The van der Waals surface area contributed by atoms with E-state index < -0.39 is 20.0 Å². The lowest BCUT2D eigenvalue weighted by Crippen LogP contribution is -2.28. The number of rotatable bonds is 17. The van der Waals surface area contributed by atoms with Crippen LogP contribution in [0.5, 0.6) is 0 Å². The van der Waals surface area contributed by atoms with Crippen LogP contribution in [0.25, 0.3) is 0 Å². The Kier molecular flexibility index (Phi) is 11.5. The first-order chi connectivity index (χ1) is 14.4. The van der Waals surface area contributed by atoms with Gasteiger partial charge in [-0.15, -0.1) is 22.7 Å². The molecule has 0 spiro atoms. The van der Waals surface area contributed by atoms with Gasteiger partial charge in [0.25, 0.3) is 0 Å². The van der Waals surface area contributed by atoms with E-state index in [1.54, 1.807) is 35.0 Å². The van der Waals surface area contributed by atoms with Crippen LogP contribution in [0.3, 0.4) is 0 Å². The minimum atomic E-state index is -3.36. The molecule has 2 aromatic heterocycles. The van der Waals surface area contributed by atoms with Crippen molar-refractivity contribution in [2.45, 2.75) is 34.1 Å². The average molecular weight is 495 g/mol. The van der Waals surface area contributed by atoms with Crippen LogP contribution in [-0.2, 0) is 20.0 Å². The molecule has 0 bridgehead atoms. The molecule has 0 aliphatic rings. The second-order valence-electron chi connectivity index (χ2n) is 6.57. The van der Waals surface area contributed by atoms with Gasteiger partial charge in [-0.2, -0.15) is 0 Å². The van der Waals surface area contributed by atoms with E-state index >= 15 is 0 Å². The van der Waals surface area contributed by atoms with Crippen molar-refractivity contribution in [2.24, 2.45) is 0 Å². The van der Waals surface area contributed by atoms with Crippen LogP contribution in [0.1, 0.15) is 25.7 Å². The SMILES string of the molecule is O=S(=O)(NCCCNCCCCNCCCNS(=O)(=O)c1cccs1)c1cccs1. The second kappa shape index (κ2) is 13.5. The molecule has 0 saturated carbocycles. The Morgan fingerprint density at radius 3 is 1.37 bits per heavy atom. The predicted molar refractivity (Wildman–Crippen MR) is 123 cm³/mol. The van der Waals surface area contributed by atoms with Crippen LogP contribution < -0.4 is 20.1 Å². The van der Waals surface area contributed by atoms with Gasteiger partial charge in [0.15, 0.2) is 0 Å². The van der Waals surface area contributed by atoms with Crippen molar-refractivity contribution >= 4 is 42.7 Å². The average Bonchev–Trinajstić information content (AvgIpc) is 3.42. The fourth-order valence-electron chi connectivity index (χ4n) is 2.56. The van der Waals surface area contributed by atoms with Gasteiger partial charge >= 0.3 is 0 Å². The standard InChI is InChI=1S/C18H30N4O4S4/c23-29(24,17-7-3-15-27-17)21-13-5-11-19-9-1-2-10-20-12-6-14-22-30(25,26)18-8-4-16-28-18/h3-4,7-8,15-16,19-22H,1-2,5-6,9-14H2. The fourth-order valence-corrected chi connectivity index (χ4v) is 6.79. The fraction of sp³-hybridized carbons (Fsp3) is 0.556. The Bertz CT molecular complexity index is 822. The van der Waals surface area contributed by atoms with E-state index in [1.165, 1.54) is 22.7 Å². The molecule has 0 amide bonds. The molecule has 12 heteroatoms. The molecular weight excluding hydrogens is 464 g/mol. The van der Waals surface area contributed by atoms with Crippen molar-refractivity contribution in [1.82, 2.24) is 20.1 Å². The van der Waals surface area contributed by atoms with Gasteiger partial charge in [-0.1, -0.05) is 12.1 Å². The first-order valence-corrected chi connectivity index (χ1v) is 14.6. The molecule has 2 aromatic rings. The van der Waals surface area contributed by atoms with Gasteiger partial charge in [-0.3, -0.25) is 0 Å². The third-order valence-corrected chi connectivity index (χ3v) is 9.84. The summed E-state index contributed by atoms with van der Waals surface area (Å²) < 4.78 is 53.7. The summed E-state index contributed by atoms with van der Waals surface area (Å²) in [5.74, 6) is 0. The normalized spacial score (nSPS) is 12.4. The minimum Gasteiger partial charge on any atom is -0.317 e. The Morgan fingerprint density at radius 2 is 1.00 bits per heavy atom. The van der Waals surface area contributed by atoms with Gasteiger partial charge in [0.1, 0.15) is 8.42 Å². The molecule has 0 radical (unpaired) electrons. The summed E-state index contributed by atoms with van der Waals surface area (Å²) in [5.41, 5.74) is 0. The van der Waals surface area contributed by atoms with Gasteiger partial charge in [0.2, 0.25) is 20.0 Å². The molecule has 0 aliphatic carbocycles. The molecule has 0 saturated heterocycles. The van der Waals surface area contributed by atoms with E-state index in [0.717, 1.165) is 51.9 Å². The minimum absolute atomic E-state index is 0.350. The van der Waals surface area contributed by atoms with Crippen LogP contribution in [0, 0.1) is 0 Å². The predicted octanol–water partition coefficient (Wildman–Crippen LogP) is 1.81. The van der Waals surface area contributed by atoms with Crippen LogP contribution in [0.15, 0.2) is 43.4 Å². The maximum atomic E-state index is 11.9. The highest BCUT2D eigenvalue weighted by atomic mass is 32.3. The van der Waals surface area contributed by atoms with Crippen molar-refractivity contribution in [3.63, 3.8) is 0 Å². The molecular formula is C18H30N4O4S4. The first kappa shape index (κ1) is 25.4. The number of thiophene rings is 2. The van der Waals surface area contributed by atoms with Gasteiger partial charge in [0, 0.05) is 13.1 Å². The molecule has 2 heterocycles. The summed E-state index contributed by atoms with van der Waals surface area (Å²) in [7, 11) is -6.71. The first-order valence-electron chi connectivity index (χ1n) is 9.89. The maximum absolute atomic E-state index is 11.9. The van der Waals surface area contributed by atoms with E-state index in [4.69, 9.17) is 0 Å². The Labute approximate surface area is 187 Å². The lowest BCUT2D eigenvalue weighted by molar-refractivity contribution is 0.553. The Hall–Kier alpha value is -0.860. The van der Waals surface area contributed by atoms with E-state index in [2.05, 4.69) is 20.1 Å². The molecule has 0 unspecified atom stereocenters. The van der Waals surface area contributed by atoms with Crippen molar-refractivity contribution in [2.75, 3.05) is 39.3 Å². The van der Waals surface area contributed by atoms with E-state index in [0.29, 0.717) is 21.5 Å². The summed E-state index contributed by atoms with van der Waals surface area (Å²) >= 11 is 2.43. The lowest BCUT2D eigenvalue weighted by atomic mass is 10.3. The molecule has 0 atom stereocenters. The zero-order chi connectivity index (χ0) is 21.7. The summed E-state index contributed by atoms with van der Waals surface area (Å²) in [4.78, 5) is 0. The van der Waals surface area contributed by atoms with Crippen molar-refractivity contribution in [1.29, 1.82) is 0 Å². The largest absolute Gasteiger partial charge is 0.317 e. The summed E-state index contributed by atoms with van der Waals surface area (Å²) in [5, 5.41) is 10.1. The number of sulfonamides is 2. The van der Waals surface area contributed by atoms with Crippen molar-refractivity contribution < 1.29 is 16.8 Å². The number of hydrogen-bond donors (Lipinski definition) is 4. The van der Waals surface area contributed by atoms with Gasteiger partial charge < -0.3 is 10.6 Å². The van der Waals surface area contributed by atoms with E-state index in [-0.39, 0.29) is 0 Å². The van der Waals surface area contributed by atoms with Crippen LogP contribution >= 0.6 is 22.7 Å². The zero-order valence-electron chi connectivity index (χ0n) is 16.8.